The highest BCUT2D eigenvalue weighted by molar-refractivity contribution is 6.10. The van der Waals surface area contributed by atoms with Crippen LogP contribution in [0.3, 0.4) is 0 Å². The van der Waals surface area contributed by atoms with E-state index in [0.29, 0.717) is 0 Å². The summed E-state index contributed by atoms with van der Waals surface area (Å²) in [4.78, 5) is 7.97. The van der Waals surface area contributed by atoms with Gasteiger partial charge < -0.3 is 10.3 Å². The third-order valence-corrected chi connectivity index (χ3v) is 3.97. The van der Waals surface area contributed by atoms with Gasteiger partial charge >= 0.3 is 0 Å². The molecule has 0 atom stereocenters. The Morgan fingerprint density at radius 2 is 1.91 bits per heavy atom. The van der Waals surface area contributed by atoms with Crippen LogP contribution in [0.1, 0.15) is 11.1 Å². The Balaban J connectivity index is 1.72. The molecule has 108 valence electrons. The molecule has 2 aromatic heterocycles. The molecule has 22 heavy (non-hydrogen) atoms. The third kappa shape index (κ3) is 2.21. The molecular formula is C19H17N3. The summed E-state index contributed by atoms with van der Waals surface area (Å²) >= 11 is 0. The van der Waals surface area contributed by atoms with Crippen LogP contribution in [0.5, 0.6) is 0 Å². The first kappa shape index (κ1) is 12.9. The van der Waals surface area contributed by atoms with Crippen molar-refractivity contribution >= 4 is 27.6 Å². The van der Waals surface area contributed by atoms with Crippen molar-refractivity contribution in [3.05, 3.63) is 71.9 Å². The number of aromatic amines is 1. The Hall–Kier alpha value is -2.81. The highest BCUT2D eigenvalue weighted by Gasteiger charge is 2.08. The summed E-state index contributed by atoms with van der Waals surface area (Å²) in [6.07, 6.45) is 1.86. The Morgan fingerprint density at radius 1 is 1.00 bits per heavy atom. The van der Waals surface area contributed by atoms with Gasteiger partial charge in [-0.3, -0.25) is 0 Å². The van der Waals surface area contributed by atoms with E-state index in [1.165, 1.54) is 21.9 Å². The summed E-state index contributed by atoms with van der Waals surface area (Å²) in [7, 11) is 0. The van der Waals surface area contributed by atoms with Gasteiger partial charge in [0.05, 0.1) is 5.52 Å². The summed E-state index contributed by atoms with van der Waals surface area (Å²) in [5.41, 5.74) is 4.74. The van der Waals surface area contributed by atoms with Crippen LogP contribution >= 0.6 is 0 Å². The molecule has 4 aromatic rings. The summed E-state index contributed by atoms with van der Waals surface area (Å²) in [5.74, 6) is 0.898. The van der Waals surface area contributed by atoms with Crippen molar-refractivity contribution in [2.45, 2.75) is 13.5 Å². The minimum absolute atomic E-state index is 0.767. The summed E-state index contributed by atoms with van der Waals surface area (Å²) < 4.78 is 0. The highest BCUT2D eigenvalue weighted by atomic mass is 15.0. The molecule has 0 saturated heterocycles. The molecule has 0 aliphatic heterocycles. The van der Waals surface area contributed by atoms with E-state index in [1.807, 2.05) is 12.3 Å². The number of hydrogen-bond donors (Lipinski definition) is 2. The van der Waals surface area contributed by atoms with Crippen LogP contribution < -0.4 is 5.32 Å². The van der Waals surface area contributed by atoms with Gasteiger partial charge in [0.2, 0.25) is 0 Å². The molecule has 4 rings (SSSR count). The molecule has 0 radical (unpaired) electrons. The van der Waals surface area contributed by atoms with Crippen LogP contribution in [-0.4, -0.2) is 9.97 Å². The average molecular weight is 287 g/mol. The number of nitrogens with zero attached hydrogens (tertiary/aromatic N) is 1. The van der Waals surface area contributed by atoms with Gasteiger partial charge in [-0.15, -0.1) is 0 Å². The van der Waals surface area contributed by atoms with E-state index < -0.39 is 0 Å². The van der Waals surface area contributed by atoms with Gasteiger partial charge in [0.15, 0.2) is 5.82 Å². The first-order valence-electron chi connectivity index (χ1n) is 7.46. The van der Waals surface area contributed by atoms with Crippen LogP contribution in [0.15, 0.2) is 60.8 Å². The summed E-state index contributed by atoms with van der Waals surface area (Å²) in [5, 5.41) is 5.89. The standard InChI is InChI=1S/C19H17N3/c1-13-5-4-6-14(11-13)12-21-19-18-16(9-10-20-19)15-7-2-3-8-17(15)22-18/h2-11,22H,12H2,1H3,(H,20,21). The first-order valence-corrected chi connectivity index (χ1v) is 7.46. The molecule has 0 amide bonds. The molecule has 3 heteroatoms. The Labute approximate surface area is 129 Å². The predicted octanol–water partition coefficient (Wildman–Crippen LogP) is 4.64. The van der Waals surface area contributed by atoms with Gasteiger partial charge in [0.25, 0.3) is 0 Å². The van der Waals surface area contributed by atoms with Gasteiger partial charge in [-0.2, -0.15) is 0 Å². The summed E-state index contributed by atoms with van der Waals surface area (Å²) in [6.45, 7) is 2.88. The maximum absolute atomic E-state index is 4.50. The van der Waals surface area contributed by atoms with Crippen molar-refractivity contribution in [2.75, 3.05) is 5.32 Å². The minimum Gasteiger partial charge on any atom is -0.364 e. The zero-order valence-electron chi connectivity index (χ0n) is 12.4. The maximum Gasteiger partial charge on any atom is 0.150 e. The van der Waals surface area contributed by atoms with E-state index in [2.05, 4.69) is 70.7 Å². The van der Waals surface area contributed by atoms with Crippen molar-refractivity contribution in [1.29, 1.82) is 0 Å². The molecule has 0 spiro atoms. The van der Waals surface area contributed by atoms with Crippen molar-refractivity contribution in [2.24, 2.45) is 0 Å². The van der Waals surface area contributed by atoms with Crippen molar-refractivity contribution in [3.63, 3.8) is 0 Å². The Bertz CT molecular complexity index is 953. The lowest BCUT2D eigenvalue weighted by atomic mass is 10.1. The van der Waals surface area contributed by atoms with E-state index in [-0.39, 0.29) is 0 Å². The van der Waals surface area contributed by atoms with Crippen LogP contribution in [0, 0.1) is 6.92 Å². The molecular weight excluding hydrogens is 270 g/mol. The molecule has 0 saturated carbocycles. The number of anilines is 1. The van der Waals surface area contributed by atoms with Crippen molar-refractivity contribution in [3.8, 4) is 0 Å². The van der Waals surface area contributed by atoms with Crippen LogP contribution in [0.4, 0.5) is 5.82 Å². The second-order valence-corrected chi connectivity index (χ2v) is 5.60. The maximum atomic E-state index is 4.50. The number of para-hydroxylation sites is 1. The molecule has 0 aliphatic rings. The van der Waals surface area contributed by atoms with E-state index in [0.717, 1.165) is 23.4 Å². The fourth-order valence-corrected chi connectivity index (χ4v) is 2.92. The second kappa shape index (κ2) is 5.19. The molecule has 0 aliphatic carbocycles. The fourth-order valence-electron chi connectivity index (χ4n) is 2.92. The largest absolute Gasteiger partial charge is 0.364 e. The van der Waals surface area contributed by atoms with Gasteiger partial charge in [-0.25, -0.2) is 4.98 Å². The molecule has 0 bridgehead atoms. The van der Waals surface area contributed by atoms with Crippen LogP contribution in [0.25, 0.3) is 21.8 Å². The minimum atomic E-state index is 0.767. The zero-order valence-corrected chi connectivity index (χ0v) is 12.4. The molecule has 3 nitrogen and oxygen atoms in total. The molecule has 2 heterocycles. The second-order valence-electron chi connectivity index (χ2n) is 5.60. The lowest BCUT2D eigenvalue weighted by Crippen LogP contribution is -2.02. The normalized spacial score (nSPS) is 11.1. The van der Waals surface area contributed by atoms with Crippen molar-refractivity contribution < 1.29 is 0 Å². The number of nitrogens with one attached hydrogen (secondary N) is 2. The smallest absolute Gasteiger partial charge is 0.150 e. The van der Waals surface area contributed by atoms with Gasteiger partial charge in [0, 0.05) is 29.0 Å². The topological polar surface area (TPSA) is 40.7 Å². The molecule has 2 N–H and O–H groups in total. The molecule has 0 fully saturated rings. The monoisotopic (exact) mass is 287 g/mol. The third-order valence-electron chi connectivity index (χ3n) is 3.97. The van der Waals surface area contributed by atoms with Gasteiger partial charge in [-0.1, -0.05) is 48.0 Å². The van der Waals surface area contributed by atoms with Gasteiger partial charge in [-0.05, 0) is 24.6 Å². The lowest BCUT2D eigenvalue weighted by Gasteiger charge is -2.07. The first-order chi connectivity index (χ1) is 10.8. The number of benzene rings is 2. The Morgan fingerprint density at radius 3 is 2.82 bits per heavy atom. The van der Waals surface area contributed by atoms with E-state index >= 15 is 0 Å². The number of fused-ring (bicyclic) bond motifs is 3. The number of aromatic nitrogens is 2. The van der Waals surface area contributed by atoms with E-state index in [4.69, 9.17) is 0 Å². The van der Waals surface area contributed by atoms with Crippen LogP contribution in [-0.2, 0) is 6.54 Å². The number of H-pyrrole nitrogens is 1. The lowest BCUT2D eigenvalue weighted by molar-refractivity contribution is 1.11. The quantitative estimate of drug-likeness (QED) is 0.576. The van der Waals surface area contributed by atoms with Gasteiger partial charge in [0.1, 0.15) is 0 Å². The predicted molar refractivity (Wildman–Crippen MR) is 92.1 cm³/mol. The summed E-state index contributed by atoms with van der Waals surface area (Å²) in [6, 6.07) is 18.9. The van der Waals surface area contributed by atoms with E-state index in [1.54, 1.807) is 0 Å². The molecule has 0 unspecified atom stereocenters. The fraction of sp³-hybridized carbons (Fsp3) is 0.105. The number of pyridine rings is 1. The van der Waals surface area contributed by atoms with E-state index in [9.17, 15) is 0 Å². The Kier molecular flexibility index (Phi) is 3.04. The van der Waals surface area contributed by atoms with Crippen LogP contribution in [0.2, 0.25) is 0 Å². The average Bonchev–Trinajstić information content (AvgIpc) is 2.92. The highest BCUT2D eigenvalue weighted by Crippen LogP contribution is 2.28. The number of hydrogen-bond acceptors (Lipinski definition) is 2. The number of rotatable bonds is 3. The SMILES string of the molecule is Cc1cccc(CNc2nccc3c2[nH]c2ccccc23)c1. The molecule has 2 aromatic carbocycles. The number of aryl methyl sites for hydroxylation is 1. The van der Waals surface area contributed by atoms with Crippen molar-refractivity contribution in [1.82, 2.24) is 9.97 Å². The zero-order chi connectivity index (χ0) is 14.9.